The number of aromatic nitrogens is 2. The molecule has 1 aromatic carbocycles. The zero-order valence-corrected chi connectivity index (χ0v) is 16.9. The third-order valence-electron chi connectivity index (χ3n) is 4.51. The number of likely N-dealkylation sites (tertiary alicyclic amines) is 1. The highest BCUT2D eigenvalue weighted by atomic mass is 16.7. The summed E-state index contributed by atoms with van der Waals surface area (Å²) in [6.07, 6.45) is 0.245. The van der Waals surface area contributed by atoms with E-state index in [-0.39, 0.29) is 18.8 Å². The van der Waals surface area contributed by atoms with Crippen LogP contribution < -0.4 is 14.3 Å². The zero-order chi connectivity index (χ0) is 21.3. The molecule has 0 spiro atoms. The van der Waals surface area contributed by atoms with Crippen LogP contribution in [-0.2, 0) is 4.74 Å². The smallest absolute Gasteiger partial charge is 0.407 e. The summed E-state index contributed by atoms with van der Waals surface area (Å²) in [7, 11) is 1.56. The van der Waals surface area contributed by atoms with Crippen LogP contribution in [0.5, 0.6) is 17.5 Å². The molecule has 0 saturated carbocycles. The van der Waals surface area contributed by atoms with Crippen LogP contribution in [0.2, 0.25) is 0 Å². The molecule has 160 valence electrons. The predicted octanol–water partition coefficient (Wildman–Crippen LogP) is 2.78. The first-order chi connectivity index (χ1) is 14.5. The molecule has 30 heavy (non-hydrogen) atoms. The molecular formula is C20H24N4O6. The number of hydrogen-bond donors (Lipinski definition) is 1. The van der Waals surface area contributed by atoms with Crippen molar-refractivity contribution in [1.82, 2.24) is 15.1 Å². The number of hydrogen-bond acceptors (Lipinski definition) is 8. The maximum atomic E-state index is 10.9. The standard InChI is InChI=1S/C20H24N4O6/c1-14(15-3-5-16(6-4-15)28-13-27-2)23-30-19-8-7-18(21-22-19)29-17-9-11-24(12-10-17)20(25)26/h3-8,17H,9-13H2,1-2H3,(H,25,26)/b23-14-. The minimum Gasteiger partial charge on any atom is -0.473 e. The summed E-state index contributed by atoms with van der Waals surface area (Å²) in [4.78, 5) is 17.7. The normalized spacial score (nSPS) is 15.0. The molecule has 0 radical (unpaired) electrons. The average Bonchev–Trinajstić information content (AvgIpc) is 2.77. The summed E-state index contributed by atoms with van der Waals surface area (Å²) in [5, 5.41) is 21.0. The minimum absolute atomic E-state index is 0.0854. The van der Waals surface area contributed by atoms with Crippen LogP contribution in [-0.4, -0.2) is 65.1 Å². The number of methoxy groups -OCH3 is 1. The van der Waals surface area contributed by atoms with Gasteiger partial charge in [-0.15, -0.1) is 10.2 Å². The number of rotatable bonds is 8. The number of oxime groups is 1. The lowest BCUT2D eigenvalue weighted by Gasteiger charge is -2.29. The molecule has 1 aliphatic rings. The second kappa shape index (κ2) is 10.4. The van der Waals surface area contributed by atoms with E-state index in [1.54, 1.807) is 19.2 Å². The molecule has 0 aliphatic carbocycles. The maximum Gasteiger partial charge on any atom is 0.407 e. The van der Waals surface area contributed by atoms with Crippen LogP contribution in [0.25, 0.3) is 0 Å². The average molecular weight is 416 g/mol. The molecule has 0 atom stereocenters. The van der Waals surface area contributed by atoms with Gasteiger partial charge in [0.1, 0.15) is 11.9 Å². The fourth-order valence-corrected chi connectivity index (χ4v) is 2.84. The van der Waals surface area contributed by atoms with Gasteiger partial charge in [-0.2, -0.15) is 0 Å². The van der Waals surface area contributed by atoms with Crippen LogP contribution in [0.3, 0.4) is 0 Å². The van der Waals surface area contributed by atoms with Crippen LogP contribution in [0, 0.1) is 0 Å². The van der Waals surface area contributed by atoms with Crippen molar-refractivity contribution in [2.45, 2.75) is 25.9 Å². The molecular weight excluding hydrogens is 392 g/mol. The topological polar surface area (TPSA) is 116 Å². The second-order valence-corrected chi connectivity index (χ2v) is 6.64. The molecule has 0 bridgehead atoms. The van der Waals surface area contributed by atoms with Crippen molar-refractivity contribution in [3.63, 3.8) is 0 Å². The van der Waals surface area contributed by atoms with Gasteiger partial charge in [-0.3, -0.25) is 0 Å². The molecule has 1 aliphatic heterocycles. The van der Waals surface area contributed by atoms with Gasteiger partial charge >= 0.3 is 6.09 Å². The van der Waals surface area contributed by atoms with E-state index in [2.05, 4.69) is 15.4 Å². The first-order valence-corrected chi connectivity index (χ1v) is 9.47. The van der Waals surface area contributed by atoms with Gasteiger partial charge in [-0.25, -0.2) is 4.79 Å². The molecule has 1 saturated heterocycles. The van der Waals surface area contributed by atoms with Crippen molar-refractivity contribution in [2.75, 3.05) is 27.0 Å². The predicted molar refractivity (Wildman–Crippen MR) is 107 cm³/mol. The van der Waals surface area contributed by atoms with Gasteiger partial charge in [0.25, 0.3) is 5.88 Å². The van der Waals surface area contributed by atoms with Gasteiger partial charge in [0, 0.05) is 45.2 Å². The number of carbonyl (C=O) groups is 1. The van der Waals surface area contributed by atoms with Gasteiger partial charge < -0.3 is 29.1 Å². The Labute approximate surface area is 174 Å². The lowest BCUT2D eigenvalue weighted by atomic mass is 10.1. The quantitative estimate of drug-likeness (QED) is 0.397. The van der Waals surface area contributed by atoms with Gasteiger partial charge in [-0.1, -0.05) is 5.16 Å². The fraction of sp³-hybridized carbons (Fsp3) is 0.400. The molecule has 10 heteroatoms. The summed E-state index contributed by atoms with van der Waals surface area (Å²) in [5.74, 6) is 1.30. The Balaban J connectivity index is 1.49. The monoisotopic (exact) mass is 416 g/mol. The Kier molecular flexibility index (Phi) is 7.39. The highest BCUT2D eigenvalue weighted by Crippen LogP contribution is 2.18. The van der Waals surface area contributed by atoms with Crippen molar-refractivity contribution in [3.8, 4) is 17.5 Å². The summed E-state index contributed by atoms with van der Waals surface area (Å²) >= 11 is 0. The number of benzene rings is 1. The van der Waals surface area contributed by atoms with E-state index < -0.39 is 6.09 Å². The summed E-state index contributed by atoms with van der Waals surface area (Å²) in [5.41, 5.74) is 1.54. The van der Waals surface area contributed by atoms with Crippen LogP contribution in [0.4, 0.5) is 4.79 Å². The summed E-state index contributed by atoms with van der Waals surface area (Å²) < 4.78 is 16.0. The number of amides is 1. The van der Waals surface area contributed by atoms with E-state index in [9.17, 15) is 4.79 Å². The van der Waals surface area contributed by atoms with Gasteiger partial charge in [0.2, 0.25) is 5.88 Å². The molecule has 0 unspecified atom stereocenters. The first-order valence-electron chi connectivity index (χ1n) is 9.47. The Morgan fingerprint density at radius 3 is 2.40 bits per heavy atom. The van der Waals surface area contributed by atoms with Crippen molar-refractivity contribution in [2.24, 2.45) is 5.16 Å². The van der Waals surface area contributed by atoms with Crippen molar-refractivity contribution < 1.29 is 28.9 Å². The molecule has 1 N–H and O–H groups in total. The Bertz CT molecular complexity index is 849. The van der Waals surface area contributed by atoms with Crippen molar-refractivity contribution in [3.05, 3.63) is 42.0 Å². The van der Waals surface area contributed by atoms with E-state index >= 15 is 0 Å². The molecule has 1 fully saturated rings. The molecule has 2 aromatic rings. The van der Waals surface area contributed by atoms with Crippen LogP contribution in [0.1, 0.15) is 25.3 Å². The lowest BCUT2D eigenvalue weighted by Crippen LogP contribution is -2.41. The highest BCUT2D eigenvalue weighted by Gasteiger charge is 2.23. The van der Waals surface area contributed by atoms with E-state index in [1.165, 1.54) is 4.90 Å². The van der Waals surface area contributed by atoms with Crippen molar-refractivity contribution in [1.29, 1.82) is 0 Å². The molecule has 3 rings (SSSR count). The Morgan fingerprint density at radius 2 is 1.80 bits per heavy atom. The number of ether oxygens (including phenoxy) is 3. The lowest BCUT2D eigenvalue weighted by molar-refractivity contribution is 0.0511. The third-order valence-corrected chi connectivity index (χ3v) is 4.51. The first kappa shape index (κ1) is 21.3. The fourth-order valence-electron chi connectivity index (χ4n) is 2.84. The summed E-state index contributed by atoms with van der Waals surface area (Å²) in [6.45, 7) is 2.90. The van der Waals surface area contributed by atoms with Gasteiger partial charge in [-0.05, 0) is 36.8 Å². The molecule has 1 aromatic heterocycles. The molecule has 10 nitrogen and oxygen atoms in total. The minimum atomic E-state index is -0.902. The number of piperidine rings is 1. The van der Waals surface area contributed by atoms with E-state index in [1.807, 2.05) is 31.2 Å². The van der Waals surface area contributed by atoms with Crippen LogP contribution >= 0.6 is 0 Å². The van der Waals surface area contributed by atoms with Crippen LogP contribution in [0.15, 0.2) is 41.6 Å². The Hall–Kier alpha value is -3.40. The van der Waals surface area contributed by atoms with E-state index in [0.29, 0.717) is 43.3 Å². The van der Waals surface area contributed by atoms with E-state index in [0.717, 1.165) is 5.56 Å². The molecule has 1 amide bonds. The van der Waals surface area contributed by atoms with Gasteiger partial charge in [0.05, 0.1) is 5.71 Å². The summed E-state index contributed by atoms with van der Waals surface area (Å²) in [6, 6.07) is 10.6. The third kappa shape index (κ3) is 6.05. The zero-order valence-electron chi connectivity index (χ0n) is 16.9. The van der Waals surface area contributed by atoms with E-state index in [4.69, 9.17) is 24.2 Å². The second-order valence-electron chi connectivity index (χ2n) is 6.64. The molecule has 2 heterocycles. The van der Waals surface area contributed by atoms with Gasteiger partial charge in [0.15, 0.2) is 6.79 Å². The Morgan fingerprint density at radius 1 is 1.13 bits per heavy atom. The SMILES string of the molecule is COCOc1ccc(/C(C)=N\Oc2ccc(OC3CCN(C(=O)O)CC3)nn2)cc1. The number of nitrogens with zero attached hydrogens (tertiary/aromatic N) is 4. The largest absolute Gasteiger partial charge is 0.473 e. The van der Waals surface area contributed by atoms with Crippen molar-refractivity contribution >= 4 is 11.8 Å². The number of carboxylic acid groups (broad SMARTS) is 1. The highest BCUT2D eigenvalue weighted by molar-refractivity contribution is 5.98. The maximum absolute atomic E-state index is 10.9.